The summed E-state index contributed by atoms with van der Waals surface area (Å²) < 4.78 is 11.6. The first-order valence-electron chi connectivity index (χ1n) is 11.4. The van der Waals surface area contributed by atoms with E-state index in [0.29, 0.717) is 24.0 Å². The van der Waals surface area contributed by atoms with Gasteiger partial charge in [0.1, 0.15) is 11.5 Å². The minimum absolute atomic E-state index is 0.0542. The quantitative estimate of drug-likeness (QED) is 0.194. The molecule has 184 valence electrons. The molecule has 6 N–H and O–H groups in total. The summed E-state index contributed by atoms with van der Waals surface area (Å²) in [4.78, 5) is 0. The molecular formula is C28H24O8. The maximum atomic E-state index is 10.4. The topological polar surface area (TPSA) is 140 Å². The van der Waals surface area contributed by atoms with Crippen LogP contribution in [0.3, 0.4) is 0 Å². The summed E-state index contributed by atoms with van der Waals surface area (Å²) in [5.74, 6) is -0.727. The third kappa shape index (κ3) is 4.61. The van der Waals surface area contributed by atoms with Gasteiger partial charge in [0.25, 0.3) is 0 Å². The lowest BCUT2D eigenvalue weighted by molar-refractivity contribution is 0.378. The predicted octanol–water partition coefficient (Wildman–Crippen LogP) is 5.39. The van der Waals surface area contributed by atoms with E-state index in [1.54, 1.807) is 24.3 Å². The third-order valence-corrected chi connectivity index (χ3v) is 6.17. The average molecular weight is 488 g/mol. The number of benzene rings is 4. The van der Waals surface area contributed by atoms with Crippen molar-refractivity contribution in [3.8, 4) is 57.5 Å². The first-order chi connectivity index (χ1) is 17.3. The number of rotatable bonds is 0. The van der Waals surface area contributed by atoms with Crippen LogP contribution in [0.2, 0.25) is 0 Å². The number of hydrogen-bond donors (Lipinski definition) is 6. The second-order valence-corrected chi connectivity index (χ2v) is 8.71. The Morgan fingerprint density at radius 3 is 1.19 bits per heavy atom. The maximum absolute atomic E-state index is 10.4. The zero-order valence-electron chi connectivity index (χ0n) is 19.1. The van der Waals surface area contributed by atoms with Crippen LogP contribution < -0.4 is 9.47 Å². The van der Waals surface area contributed by atoms with Gasteiger partial charge >= 0.3 is 0 Å². The van der Waals surface area contributed by atoms with Gasteiger partial charge in [-0.05, 0) is 84.3 Å². The number of phenols is 6. The van der Waals surface area contributed by atoms with Crippen molar-refractivity contribution in [3.63, 3.8) is 0 Å². The van der Waals surface area contributed by atoms with Gasteiger partial charge in [0.2, 0.25) is 0 Å². The fraction of sp³-hybridized carbons (Fsp3) is 0.143. The van der Waals surface area contributed by atoms with E-state index in [0.717, 1.165) is 23.3 Å². The first-order valence-corrected chi connectivity index (χ1v) is 11.4. The largest absolute Gasteiger partial charge is 0.508 e. The lowest BCUT2D eigenvalue weighted by Gasteiger charge is -2.16. The molecule has 8 nitrogen and oxygen atoms in total. The summed E-state index contributed by atoms with van der Waals surface area (Å²) in [7, 11) is 0. The first kappa shape index (κ1) is 23.0. The van der Waals surface area contributed by atoms with Gasteiger partial charge in [0.05, 0.1) is 0 Å². The Kier molecular flexibility index (Phi) is 5.85. The standard InChI is InChI=1S/C28H24O8/c29-19-7-3-15-1-2-16-4-8-20(30)26(10-16)36-28-12-18(22(32)14-24(28)34)6-5-17-11-27(35-25(19)9-15)23(33)13-21(17)31/h3-4,7-14,29-34H,1-2,5-6H2. The van der Waals surface area contributed by atoms with Crippen LogP contribution in [-0.2, 0) is 25.7 Å². The van der Waals surface area contributed by atoms with Gasteiger partial charge in [-0.15, -0.1) is 0 Å². The van der Waals surface area contributed by atoms with Crippen molar-refractivity contribution in [1.29, 1.82) is 0 Å². The fourth-order valence-electron chi connectivity index (χ4n) is 4.15. The van der Waals surface area contributed by atoms with Crippen LogP contribution >= 0.6 is 0 Å². The minimum Gasteiger partial charge on any atom is -0.508 e. The molecule has 1 aliphatic rings. The van der Waals surface area contributed by atoms with Crippen molar-refractivity contribution in [2.24, 2.45) is 0 Å². The highest BCUT2D eigenvalue weighted by Gasteiger charge is 2.17. The van der Waals surface area contributed by atoms with Crippen LogP contribution in [0.4, 0.5) is 0 Å². The Hall–Kier alpha value is -4.72. The normalized spacial score (nSPS) is 13.1. The molecule has 0 saturated heterocycles. The van der Waals surface area contributed by atoms with E-state index in [4.69, 9.17) is 9.47 Å². The summed E-state index contributed by atoms with van der Waals surface area (Å²) in [5, 5.41) is 62.1. The highest BCUT2D eigenvalue weighted by atomic mass is 16.5. The molecule has 0 radical (unpaired) electrons. The molecule has 0 unspecified atom stereocenters. The fourth-order valence-corrected chi connectivity index (χ4v) is 4.15. The lowest BCUT2D eigenvalue weighted by atomic mass is 10.0. The molecule has 1 aliphatic heterocycles. The van der Waals surface area contributed by atoms with Crippen LogP contribution in [0, 0.1) is 0 Å². The van der Waals surface area contributed by atoms with Gasteiger partial charge in [0.15, 0.2) is 46.0 Å². The smallest absolute Gasteiger partial charge is 0.169 e. The van der Waals surface area contributed by atoms with Gasteiger partial charge in [-0.25, -0.2) is 0 Å². The zero-order valence-corrected chi connectivity index (χ0v) is 19.1. The molecule has 8 heteroatoms. The summed E-state index contributed by atoms with van der Waals surface area (Å²) in [6, 6.07) is 15.1. The van der Waals surface area contributed by atoms with E-state index in [2.05, 4.69) is 0 Å². The maximum Gasteiger partial charge on any atom is 0.169 e. The molecule has 8 bridgehead atoms. The van der Waals surface area contributed by atoms with Crippen LogP contribution in [0.15, 0.2) is 60.7 Å². The second-order valence-electron chi connectivity index (χ2n) is 8.71. The molecule has 5 rings (SSSR count). The van der Waals surface area contributed by atoms with Crippen LogP contribution in [-0.4, -0.2) is 30.6 Å². The van der Waals surface area contributed by atoms with E-state index in [9.17, 15) is 30.6 Å². The molecule has 0 saturated carbocycles. The molecule has 1 heterocycles. The van der Waals surface area contributed by atoms with Crippen molar-refractivity contribution >= 4 is 0 Å². The number of aryl methyl sites for hydroxylation is 4. The van der Waals surface area contributed by atoms with E-state index in [1.807, 2.05) is 0 Å². The lowest BCUT2D eigenvalue weighted by Crippen LogP contribution is -1.97. The van der Waals surface area contributed by atoms with Gasteiger partial charge < -0.3 is 40.1 Å². The number of fused-ring (bicyclic) bond motifs is 8. The molecule has 36 heavy (non-hydrogen) atoms. The molecule has 0 aliphatic carbocycles. The van der Waals surface area contributed by atoms with Crippen molar-refractivity contribution in [1.82, 2.24) is 0 Å². The van der Waals surface area contributed by atoms with Gasteiger partial charge in [-0.3, -0.25) is 0 Å². The SMILES string of the molecule is Oc1cc(O)c2cc1CCc1cc(c(O)cc1O)Oc1cc(ccc1O)CCc1ccc(O)c(c1)O2. The highest BCUT2D eigenvalue weighted by Crippen LogP contribution is 2.42. The van der Waals surface area contributed by atoms with Gasteiger partial charge in [-0.2, -0.15) is 0 Å². The molecule has 0 atom stereocenters. The number of hydrogen-bond acceptors (Lipinski definition) is 8. The Morgan fingerprint density at radius 1 is 0.389 bits per heavy atom. The number of ether oxygens (including phenoxy) is 2. The Balaban J connectivity index is 1.61. The monoisotopic (exact) mass is 488 g/mol. The molecule has 4 aromatic carbocycles. The van der Waals surface area contributed by atoms with E-state index in [-0.39, 0.29) is 70.3 Å². The number of aromatic hydroxyl groups is 6. The molecule has 0 amide bonds. The summed E-state index contributed by atoms with van der Waals surface area (Å²) >= 11 is 0. The van der Waals surface area contributed by atoms with Crippen LogP contribution in [0.25, 0.3) is 0 Å². The van der Waals surface area contributed by atoms with Crippen molar-refractivity contribution in [2.45, 2.75) is 25.7 Å². The van der Waals surface area contributed by atoms with Crippen LogP contribution in [0.1, 0.15) is 22.3 Å². The minimum atomic E-state index is -0.296. The van der Waals surface area contributed by atoms with Gasteiger partial charge in [-0.1, -0.05) is 12.1 Å². The zero-order chi connectivity index (χ0) is 25.4. The molecular weight excluding hydrogens is 464 g/mol. The van der Waals surface area contributed by atoms with Crippen molar-refractivity contribution < 1.29 is 40.1 Å². The average Bonchev–Trinajstić information content (AvgIpc) is 2.84. The Morgan fingerprint density at radius 2 is 0.778 bits per heavy atom. The highest BCUT2D eigenvalue weighted by molar-refractivity contribution is 5.55. The summed E-state index contributed by atoms with van der Waals surface area (Å²) in [6.45, 7) is 0. The molecule has 0 fully saturated rings. The van der Waals surface area contributed by atoms with Crippen molar-refractivity contribution in [3.05, 3.63) is 82.9 Å². The van der Waals surface area contributed by atoms with E-state index in [1.165, 1.54) is 24.3 Å². The van der Waals surface area contributed by atoms with Crippen molar-refractivity contribution in [2.75, 3.05) is 0 Å². The van der Waals surface area contributed by atoms with Crippen LogP contribution in [0.5, 0.6) is 57.5 Å². The van der Waals surface area contributed by atoms with Gasteiger partial charge in [0, 0.05) is 12.1 Å². The second kappa shape index (κ2) is 9.14. The Bertz CT molecular complexity index is 1350. The molecule has 0 spiro atoms. The molecule has 4 aromatic rings. The Labute approximate surface area is 206 Å². The third-order valence-electron chi connectivity index (χ3n) is 6.17. The molecule has 0 aromatic heterocycles. The number of phenolic OH excluding ortho intramolecular Hbond substituents is 6. The van der Waals surface area contributed by atoms with E-state index >= 15 is 0 Å². The van der Waals surface area contributed by atoms with E-state index < -0.39 is 0 Å². The summed E-state index contributed by atoms with van der Waals surface area (Å²) in [5.41, 5.74) is 2.58. The predicted molar refractivity (Wildman–Crippen MR) is 131 cm³/mol. The summed E-state index contributed by atoms with van der Waals surface area (Å²) in [6.07, 6.45) is 1.63.